The Bertz CT molecular complexity index is 1090. The van der Waals surface area contributed by atoms with Crippen molar-refractivity contribution in [3.8, 4) is 0 Å². The number of methoxy groups -OCH3 is 1. The maximum absolute atomic E-state index is 11.5. The van der Waals surface area contributed by atoms with Gasteiger partial charge in [-0.3, -0.25) is 4.99 Å². The highest BCUT2D eigenvalue weighted by atomic mass is 16.6. The van der Waals surface area contributed by atoms with Crippen molar-refractivity contribution in [3.63, 3.8) is 0 Å². The molecule has 1 fully saturated rings. The maximum Gasteiger partial charge on any atom is 0.343 e. The molecule has 2 heterocycles. The van der Waals surface area contributed by atoms with E-state index in [1.807, 2.05) is 29.3 Å². The number of rotatable bonds is 5. The molecule has 5 rings (SSSR count). The molecule has 0 amide bonds. The van der Waals surface area contributed by atoms with Crippen LogP contribution in [-0.4, -0.2) is 36.4 Å². The lowest BCUT2D eigenvalue weighted by atomic mass is 9.72. The second-order valence-corrected chi connectivity index (χ2v) is 8.40. The van der Waals surface area contributed by atoms with E-state index in [0.717, 1.165) is 29.8 Å². The number of benzene rings is 2. The van der Waals surface area contributed by atoms with Crippen LogP contribution in [0.15, 0.2) is 76.8 Å². The molecule has 7 heteroatoms. The van der Waals surface area contributed by atoms with Gasteiger partial charge in [0.15, 0.2) is 6.61 Å². The third-order valence-electron chi connectivity index (χ3n) is 6.43. The Hall–Kier alpha value is -3.45. The Morgan fingerprint density at radius 1 is 1.09 bits per heavy atom. The van der Waals surface area contributed by atoms with Crippen LogP contribution in [0.1, 0.15) is 48.0 Å². The quantitative estimate of drug-likeness (QED) is 0.732. The summed E-state index contributed by atoms with van der Waals surface area (Å²) in [7, 11) is 1.33. The van der Waals surface area contributed by atoms with Gasteiger partial charge in [-0.1, -0.05) is 54.6 Å². The second-order valence-electron chi connectivity index (χ2n) is 8.40. The number of ether oxygens (including phenoxy) is 2. The molecule has 0 spiro atoms. The summed E-state index contributed by atoms with van der Waals surface area (Å²) in [5.41, 5.74) is 9.71. The number of hydrogen-bond acceptors (Lipinski definition) is 7. The number of carbonyl (C=O) groups is 1. The molecule has 2 atom stereocenters. The van der Waals surface area contributed by atoms with E-state index in [1.165, 1.54) is 19.1 Å². The minimum Gasteiger partial charge on any atom is -0.466 e. The zero-order valence-corrected chi connectivity index (χ0v) is 18.0. The van der Waals surface area contributed by atoms with Crippen LogP contribution in [0.2, 0.25) is 0 Å². The van der Waals surface area contributed by atoms with E-state index in [0.29, 0.717) is 5.90 Å². The first-order valence-electron chi connectivity index (χ1n) is 10.8. The van der Waals surface area contributed by atoms with Gasteiger partial charge in [-0.2, -0.15) is 0 Å². The summed E-state index contributed by atoms with van der Waals surface area (Å²) < 4.78 is 10.2. The Morgan fingerprint density at radius 3 is 2.50 bits per heavy atom. The highest BCUT2D eigenvalue weighted by Crippen LogP contribution is 2.44. The number of carbonyl (C=O) groups excluding carboxylic acids is 1. The fraction of sp³-hybridized carbons (Fsp3) is 0.320. The molecule has 0 aromatic heterocycles. The smallest absolute Gasteiger partial charge is 0.343 e. The van der Waals surface area contributed by atoms with Gasteiger partial charge in [0.05, 0.1) is 7.11 Å². The number of esters is 1. The molecule has 0 saturated heterocycles. The zero-order chi connectivity index (χ0) is 22.1. The molecule has 2 unspecified atom stereocenters. The van der Waals surface area contributed by atoms with Crippen molar-refractivity contribution in [1.29, 1.82) is 0 Å². The predicted octanol–water partition coefficient (Wildman–Crippen LogP) is 3.59. The highest BCUT2D eigenvalue weighted by Gasteiger charge is 2.40. The molecule has 1 saturated carbocycles. The highest BCUT2D eigenvalue weighted by molar-refractivity contribution is 6.04. The van der Waals surface area contributed by atoms with Crippen molar-refractivity contribution in [2.75, 3.05) is 13.7 Å². The molecule has 2 aliphatic heterocycles. The van der Waals surface area contributed by atoms with Gasteiger partial charge in [-0.25, -0.2) is 9.80 Å². The van der Waals surface area contributed by atoms with E-state index in [1.54, 1.807) is 6.08 Å². The van der Waals surface area contributed by atoms with Crippen LogP contribution in [0.5, 0.6) is 0 Å². The number of hydrogen-bond donors (Lipinski definition) is 1. The SMILES string of the molecule is COC(=O)COC1=NN2C(=NC(c3ccc(C4(N)CCC4)cc3)C2c2ccccc2)C=C1. The Kier molecular flexibility index (Phi) is 5.27. The molecule has 32 heavy (non-hydrogen) atoms. The monoisotopic (exact) mass is 430 g/mol. The van der Waals surface area contributed by atoms with Gasteiger partial charge in [0.1, 0.15) is 17.9 Å². The molecule has 1 aliphatic carbocycles. The van der Waals surface area contributed by atoms with Crippen molar-refractivity contribution in [1.82, 2.24) is 5.01 Å². The van der Waals surface area contributed by atoms with E-state index in [-0.39, 0.29) is 24.2 Å². The third-order valence-corrected chi connectivity index (χ3v) is 6.43. The zero-order valence-electron chi connectivity index (χ0n) is 18.0. The first kappa shape index (κ1) is 20.5. The van der Waals surface area contributed by atoms with Crippen molar-refractivity contribution < 1.29 is 14.3 Å². The largest absolute Gasteiger partial charge is 0.466 e. The normalized spacial score (nSPS) is 23.0. The molecule has 2 aromatic carbocycles. The standard InChI is InChI=1S/C25H26N4O3/c1-31-22(30)16-32-21-13-12-20-27-23(24(29(20)28-21)18-6-3-2-4-7-18)17-8-10-19(11-9-17)25(26)14-5-15-25/h2-4,6-13,23-24H,5,14-16,26H2,1H3. The van der Waals surface area contributed by atoms with Crippen LogP contribution in [0.4, 0.5) is 0 Å². The molecule has 3 aliphatic rings. The van der Waals surface area contributed by atoms with Gasteiger partial charge < -0.3 is 15.2 Å². The van der Waals surface area contributed by atoms with E-state index >= 15 is 0 Å². The van der Waals surface area contributed by atoms with Gasteiger partial charge in [0, 0.05) is 11.6 Å². The van der Waals surface area contributed by atoms with Crippen LogP contribution in [0.25, 0.3) is 0 Å². The summed E-state index contributed by atoms with van der Waals surface area (Å²) in [5, 5.41) is 6.52. The van der Waals surface area contributed by atoms with Crippen molar-refractivity contribution >= 4 is 17.7 Å². The molecule has 0 radical (unpaired) electrons. The van der Waals surface area contributed by atoms with Crippen LogP contribution < -0.4 is 5.73 Å². The summed E-state index contributed by atoms with van der Waals surface area (Å²) in [5.74, 6) is 0.651. The average Bonchev–Trinajstić information content (AvgIpc) is 3.20. The van der Waals surface area contributed by atoms with Crippen molar-refractivity contribution in [2.24, 2.45) is 15.8 Å². The Morgan fingerprint density at radius 2 is 1.84 bits per heavy atom. The number of nitrogens with zero attached hydrogens (tertiary/aromatic N) is 3. The molecule has 0 bridgehead atoms. The number of aliphatic imine (C=N–C) groups is 1. The van der Waals surface area contributed by atoms with Crippen LogP contribution in [-0.2, 0) is 19.8 Å². The van der Waals surface area contributed by atoms with Crippen molar-refractivity contribution in [2.45, 2.75) is 36.9 Å². The van der Waals surface area contributed by atoms with Gasteiger partial charge in [-0.05, 0) is 42.0 Å². The van der Waals surface area contributed by atoms with E-state index in [4.69, 9.17) is 15.5 Å². The minimum absolute atomic E-state index is 0.130. The van der Waals surface area contributed by atoms with Crippen molar-refractivity contribution in [3.05, 3.63) is 83.4 Å². The maximum atomic E-state index is 11.5. The summed E-state index contributed by atoms with van der Waals surface area (Å²) >= 11 is 0. The summed E-state index contributed by atoms with van der Waals surface area (Å²) in [6.45, 7) is -0.193. The van der Waals surface area contributed by atoms with E-state index in [2.05, 4.69) is 46.2 Å². The number of amidine groups is 1. The predicted molar refractivity (Wildman–Crippen MR) is 122 cm³/mol. The first-order valence-corrected chi connectivity index (χ1v) is 10.8. The van der Waals surface area contributed by atoms with Crippen LogP contribution in [0.3, 0.4) is 0 Å². The fourth-order valence-electron chi connectivity index (χ4n) is 4.42. The topological polar surface area (TPSA) is 89.5 Å². The summed E-state index contributed by atoms with van der Waals surface area (Å²) in [6, 6.07) is 18.5. The van der Waals surface area contributed by atoms with Gasteiger partial charge in [0.2, 0.25) is 5.90 Å². The molecule has 2 N–H and O–H groups in total. The lowest BCUT2D eigenvalue weighted by Crippen LogP contribution is -2.43. The van der Waals surface area contributed by atoms with E-state index in [9.17, 15) is 4.79 Å². The first-order chi connectivity index (χ1) is 15.6. The Labute approximate surface area is 187 Å². The number of nitrogens with two attached hydrogens (primary N) is 1. The van der Waals surface area contributed by atoms with Crippen LogP contribution >= 0.6 is 0 Å². The summed E-state index contributed by atoms with van der Waals surface area (Å²) in [4.78, 5) is 16.4. The van der Waals surface area contributed by atoms with Gasteiger partial charge >= 0.3 is 5.97 Å². The molecular weight excluding hydrogens is 404 g/mol. The van der Waals surface area contributed by atoms with Gasteiger partial charge in [-0.15, -0.1) is 5.10 Å². The Balaban J connectivity index is 1.45. The molecular formula is C25H26N4O3. The van der Waals surface area contributed by atoms with E-state index < -0.39 is 5.97 Å². The fourth-order valence-corrected chi connectivity index (χ4v) is 4.42. The van der Waals surface area contributed by atoms with Crippen LogP contribution in [0, 0.1) is 0 Å². The number of fused-ring (bicyclic) bond motifs is 1. The second kappa shape index (κ2) is 8.24. The lowest BCUT2D eigenvalue weighted by molar-refractivity contribution is -0.143. The summed E-state index contributed by atoms with van der Waals surface area (Å²) in [6.07, 6.45) is 6.84. The average molecular weight is 431 g/mol. The molecule has 7 nitrogen and oxygen atoms in total. The lowest BCUT2D eigenvalue weighted by Gasteiger charge is -2.38. The molecule has 2 aromatic rings. The molecule has 164 valence electrons. The number of hydrazone groups is 1. The third kappa shape index (κ3) is 3.69. The van der Waals surface area contributed by atoms with Gasteiger partial charge in [0.25, 0.3) is 0 Å². The minimum atomic E-state index is -0.455.